The van der Waals surface area contributed by atoms with E-state index in [0.717, 1.165) is 10.7 Å². The standard InChI is InChI=1S/C5H3N3S3.3Na.3H/c1-4(10-11-9-1)5-7-2-6-3-8-5;;;;;;/h1-3H;;;;;;/q;3*+1;3*-1. The van der Waals surface area contributed by atoms with Gasteiger partial charge in [-0.15, -0.1) is 0 Å². The Morgan fingerprint density at radius 2 is 1.71 bits per heavy atom. The molecule has 1 aliphatic rings. The number of hydrogen-bond acceptors (Lipinski definition) is 6. The van der Waals surface area contributed by atoms with E-state index in [4.69, 9.17) is 0 Å². The first-order valence-corrected chi connectivity index (χ1v) is 6.34. The van der Waals surface area contributed by atoms with Crippen molar-refractivity contribution in [3.63, 3.8) is 0 Å². The monoisotopic (exact) mass is 273 g/mol. The summed E-state index contributed by atoms with van der Waals surface area (Å²) < 4.78 is 0. The molecule has 0 aliphatic carbocycles. The van der Waals surface area contributed by atoms with Gasteiger partial charge in [-0.25, -0.2) is 15.0 Å². The van der Waals surface area contributed by atoms with Gasteiger partial charge >= 0.3 is 88.7 Å². The van der Waals surface area contributed by atoms with Crippen LogP contribution in [0.15, 0.2) is 18.1 Å². The van der Waals surface area contributed by atoms with E-state index in [-0.39, 0.29) is 93.0 Å². The van der Waals surface area contributed by atoms with Gasteiger partial charge in [0.05, 0.1) is 4.91 Å². The maximum absolute atomic E-state index is 4.02. The van der Waals surface area contributed by atoms with Gasteiger partial charge in [-0.2, -0.15) is 0 Å². The largest absolute Gasteiger partial charge is 1.00 e. The molecule has 3 nitrogen and oxygen atoms in total. The zero-order chi connectivity index (χ0) is 7.52. The summed E-state index contributed by atoms with van der Waals surface area (Å²) in [5.74, 6) is 0.766. The van der Waals surface area contributed by atoms with Crippen LogP contribution < -0.4 is 88.7 Å². The second-order valence-electron chi connectivity index (χ2n) is 1.69. The Hall–Kier alpha value is 2.80. The predicted octanol–water partition coefficient (Wildman–Crippen LogP) is -6.44. The summed E-state index contributed by atoms with van der Waals surface area (Å²) >= 11 is 0. The maximum atomic E-state index is 4.02. The molecule has 1 aliphatic heterocycles. The Bertz CT molecular complexity index is 295. The summed E-state index contributed by atoms with van der Waals surface area (Å²) in [6.07, 6.45) is 3.02. The van der Waals surface area contributed by atoms with Gasteiger partial charge in [0.15, 0.2) is 5.82 Å². The normalized spacial score (nSPS) is 13.0. The second-order valence-corrected chi connectivity index (χ2v) is 5.57. The van der Waals surface area contributed by atoms with Gasteiger partial charge in [0.2, 0.25) is 0 Å². The minimum Gasteiger partial charge on any atom is -1.00 e. The van der Waals surface area contributed by atoms with Crippen LogP contribution in [-0.4, -0.2) is 15.0 Å². The molecule has 0 unspecified atom stereocenters. The van der Waals surface area contributed by atoms with Crippen LogP contribution in [0, 0.1) is 0 Å². The van der Waals surface area contributed by atoms with E-state index in [2.05, 4.69) is 15.0 Å². The molecule has 9 heteroatoms. The molecule has 1 aromatic rings. The third-order valence-electron chi connectivity index (χ3n) is 1.03. The van der Waals surface area contributed by atoms with Crippen LogP contribution >= 0.6 is 31.4 Å². The molecular formula is C5H6N3Na3S3. The quantitative estimate of drug-likeness (QED) is 0.374. The predicted molar refractivity (Wildman–Crippen MR) is 53.9 cm³/mol. The number of hydrogen-bond donors (Lipinski definition) is 0. The average Bonchev–Trinajstić information content (AvgIpc) is 2.58. The van der Waals surface area contributed by atoms with Crippen molar-refractivity contribution < 1.29 is 93.0 Å². The Kier molecular flexibility index (Phi) is 14.9. The summed E-state index contributed by atoms with van der Waals surface area (Å²) in [5.41, 5.74) is 0. The molecule has 0 aromatic carbocycles. The summed E-state index contributed by atoms with van der Waals surface area (Å²) in [7, 11) is 5.09. The summed E-state index contributed by atoms with van der Waals surface area (Å²) in [4.78, 5) is 12.9. The molecule has 62 valence electrons. The van der Waals surface area contributed by atoms with E-state index in [1.165, 1.54) is 12.7 Å². The Morgan fingerprint density at radius 3 is 2.21 bits per heavy atom. The van der Waals surface area contributed by atoms with Crippen LogP contribution in [0.1, 0.15) is 10.1 Å². The number of rotatable bonds is 1. The van der Waals surface area contributed by atoms with Crippen molar-refractivity contribution in [3.05, 3.63) is 23.9 Å². The van der Waals surface area contributed by atoms with Gasteiger partial charge in [-0.1, -0.05) is 10.8 Å². The van der Waals surface area contributed by atoms with Crippen LogP contribution in [0.5, 0.6) is 0 Å². The average molecular weight is 273 g/mol. The smallest absolute Gasteiger partial charge is 1.00 e. The molecule has 0 N–H and O–H groups in total. The fourth-order valence-corrected chi connectivity index (χ4v) is 4.29. The van der Waals surface area contributed by atoms with Gasteiger partial charge in [-0.3, -0.25) is 0 Å². The Labute approximate surface area is 165 Å². The van der Waals surface area contributed by atoms with Crippen molar-refractivity contribution in [2.24, 2.45) is 0 Å². The van der Waals surface area contributed by atoms with E-state index in [9.17, 15) is 0 Å². The van der Waals surface area contributed by atoms with Crippen LogP contribution in [0.2, 0.25) is 0 Å². The van der Waals surface area contributed by atoms with E-state index in [1.54, 1.807) is 31.4 Å². The molecule has 0 spiro atoms. The molecule has 0 saturated carbocycles. The van der Waals surface area contributed by atoms with Crippen molar-refractivity contribution in [1.29, 1.82) is 0 Å². The number of nitrogens with zero attached hydrogens (tertiary/aromatic N) is 3. The zero-order valence-corrected chi connectivity index (χ0v) is 16.7. The van der Waals surface area contributed by atoms with Crippen LogP contribution in [0.4, 0.5) is 0 Å². The molecule has 0 bridgehead atoms. The summed E-state index contributed by atoms with van der Waals surface area (Å²) in [5, 5.41) is 2.05. The molecule has 0 radical (unpaired) electrons. The number of aromatic nitrogens is 3. The first kappa shape index (κ1) is 19.1. The second kappa shape index (κ2) is 10.9. The topological polar surface area (TPSA) is 38.7 Å². The molecule has 2 heterocycles. The van der Waals surface area contributed by atoms with E-state index < -0.39 is 0 Å². The molecule has 0 atom stereocenters. The third-order valence-corrected chi connectivity index (χ3v) is 4.73. The first-order valence-electron chi connectivity index (χ1n) is 2.79. The van der Waals surface area contributed by atoms with Crippen molar-refractivity contribution in [2.75, 3.05) is 0 Å². The van der Waals surface area contributed by atoms with Gasteiger partial charge in [0.1, 0.15) is 12.7 Å². The van der Waals surface area contributed by atoms with E-state index >= 15 is 0 Å². The van der Waals surface area contributed by atoms with Crippen molar-refractivity contribution in [1.82, 2.24) is 15.0 Å². The van der Waals surface area contributed by atoms with E-state index in [0.29, 0.717) is 0 Å². The van der Waals surface area contributed by atoms with Crippen LogP contribution in [-0.2, 0) is 0 Å². The summed E-state index contributed by atoms with van der Waals surface area (Å²) in [6.45, 7) is 0. The molecule has 0 fully saturated rings. The van der Waals surface area contributed by atoms with E-state index in [1.807, 2.05) is 5.41 Å². The first-order chi connectivity index (χ1) is 5.47. The molecule has 0 saturated heterocycles. The minimum atomic E-state index is 0. The maximum Gasteiger partial charge on any atom is 1.00 e. The molecule has 2 rings (SSSR count). The SMILES string of the molecule is C1=C(c2ncncn2)SSS1.[H-].[H-].[H-].[Na+].[Na+].[Na+]. The van der Waals surface area contributed by atoms with Crippen LogP contribution in [0.25, 0.3) is 4.91 Å². The van der Waals surface area contributed by atoms with Crippen LogP contribution in [0.3, 0.4) is 0 Å². The summed E-state index contributed by atoms with van der Waals surface area (Å²) in [6, 6.07) is 0. The van der Waals surface area contributed by atoms with Crippen molar-refractivity contribution in [2.45, 2.75) is 0 Å². The zero-order valence-electron chi connectivity index (χ0n) is 11.3. The Balaban J connectivity index is -0.0000000800. The van der Waals surface area contributed by atoms with Crippen molar-refractivity contribution >= 4 is 36.3 Å². The molecule has 14 heavy (non-hydrogen) atoms. The van der Waals surface area contributed by atoms with Gasteiger partial charge < -0.3 is 4.28 Å². The molecule has 0 amide bonds. The third kappa shape index (κ3) is 5.93. The minimum absolute atomic E-state index is 0. The van der Waals surface area contributed by atoms with Gasteiger partial charge in [0, 0.05) is 5.41 Å². The fourth-order valence-electron chi connectivity index (χ4n) is 0.596. The Morgan fingerprint density at radius 1 is 1.07 bits per heavy atom. The molecular weight excluding hydrogens is 267 g/mol. The van der Waals surface area contributed by atoms with Gasteiger partial charge in [0.25, 0.3) is 0 Å². The molecule has 1 aromatic heterocycles. The van der Waals surface area contributed by atoms with Crippen molar-refractivity contribution in [3.8, 4) is 0 Å². The van der Waals surface area contributed by atoms with Gasteiger partial charge in [-0.05, 0) is 20.6 Å². The fraction of sp³-hybridized carbons (Fsp3) is 0.